The minimum Gasteiger partial charge on any atom is -0.465 e. The molecule has 0 saturated heterocycles. The zero-order valence-corrected chi connectivity index (χ0v) is 12.6. The molecule has 0 aliphatic rings. The first kappa shape index (κ1) is 15.6. The van der Waals surface area contributed by atoms with Gasteiger partial charge < -0.3 is 4.74 Å². The molecule has 1 aromatic heterocycles. The van der Waals surface area contributed by atoms with E-state index in [0.29, 0.717) is 5.13 Å². The molecule has 0 radical (unpaired) electrons. The Bertz CT molecular complexity index is 741. The predicted molar refractivity (Wildman–Crippen MR) is 82.5 cm³/mol. The summed E-state index contributed by atoms with van der Waals surface area (Å²) in [7, 11) is 1.16. The predicted octanol–water partition coefficient (Wildman–Crippen LogP) is 2.59. The number of esters is 1. The van der Waals surface area contributed by atoms with Crippen molar-refractivity contribution in [2.45, 2.75) is 6.92 Å². The van der Waals surface area contributed by atoms with Crippen LogP contribution in [0.15, 0.2) is 28.7 Å². The molecule has 0 fully saturated rings. The summed E-state index contributed by atoms with van der Waals surface area (Å²) >= 11 is 1.37. The van der Waals surface area contributed by atoms with Crippen LogP contribution in [0.5, 0.6) is 0 Å². The molecule has 22 heavy (non-hydrogen) atoms. The number of aromatic nitrogens is 1. The number of ether oxygens (including phenoxy) is 1. The Morgan fingerprint density at radius 3 is 2.91 bits per heavy atom. The summed E-state index contributed by atoms with van der Waals surface area (Å²) in [5, 5.41) is 17.4. The molecule has 0 amide bonds. The Balaban J connectivity index is 2.31. The van der Waals surface area contributed by atoms with Crippen LogP contribution >= 0.6 is 11.3 Å². The van der Waals surface area contributed by atoms with Crippen molar-refractivity contribution in [2.24, 2.45) is 5.10 Å². The number of benzene rings is 1. The fourth-order valence-corrected chi connectivity index (χ4v) is 2.34. The van der Waals surface area contributed by atoms with Crippen LogP contribution < -0.4 is 5.43 Å². The van der Waals surface area contributed by atoms with E-state index in [1.54, 1.807) is 0 Å². The Labute approximate surface area is 129 Å². The van der Waals surface area contributed by atoms with Crippen LogP contribution in [0.25, 0.3) is 0 Å². The van der Waals surface area contributed by atoms with Gasteiger partial charge in [0.05, 0.1) is 23.9 Å². The van der Waals surface area contributed by atoms with Gasteiger partial charge in [-0.25, -0.2) is 9.78 Å². The molecular formula is C13H12N4O4S. The number of nitrogens with zero attached hydrogens (tertiary/aromatic N) is 3. The number of hydrazone groups is 1. The molecule has 1 aromatic carbocycles. The number of nitro benzene ring substituents is 1. The SMILES string of the molecule is COC(=O)c1c(C=NNc2nc(C)cs2)cccc1[N+](=O)[O-]. The van der Waals surface area contributed by atoms with Crippen molar-refractivity contribution in [3.8, 4) is 0 Å². The topological polar surface area (TPSA) is 107 Å². The summed E-state index contributed by atoms with van der Waals surface area (Å²) in [5.74, 6) is -0.793. The molecule has 0 spiro atoms. The zero-order valence-electron chi connectivity index (χ0n) is 11.8. The first-order valence-electron chi connectivity index (χ1n) is 6.10. The highest BCUT2D eigenvalue weighted by Gasteiger charge is 2.23. The van der Waals surface area contributed by atoms with Gasteiger partial charge in [0.1, 0.15) is 5.56 Å². The molecule has 8 nitrogen and oxygen atoms in total. The highest BCUT2D eigenvalue weighted by molar-refractivity contribution is 7.13. The average Bonchev–Trinajstić information content (AvgIpc) is 2.91. The van der Waals surface area contributed by atoms with E-state index in [4.69, 9.17) is 0 Å². The number of hydrogen-bond donors (Lipinski definition) is 1. The van der Waals surface area contributed by atoms with Gasteiger partial charge in [0.15, 0.2) is 0 Å². The van der Waals surface area contributed by atoms with E-state index in [0.717, 1.165) is 12.8 Å². The molecule has 2 rings (SSSR count). The summed E-state index contributed by atoms with van der Waals surface area (Å²) in [6, 6.07) is 4.25. The summed E-state index contributed by atoms with van der Waals surface area (Å²) in [6.07, 6.45) is 1.32. The van der Waals surface area contributed by atoms with Gasteiger partial charge in [0, 0.05) is 17.0 Å². The number of methoxy groups -OCH3 is 1. The lowest BCUT2D eigenvalue weighted by Gasteiger charge is -2.04. The van der Waals surface area contributed by atoms with E-state index < -0.39 is 10.9 Å². The number of carbonyl (C=O) groups is 1. The highest BCUT2D eigenvalue weighted by Crippen LogP contribution is 2.22. The van der Waals surface area contributed by atoms with Crippen molar-refractivity contribution in [2.75, 3.05) is 12.5 Å². The number of hydrogen-bond acceptors (Lipinski definition) is 8. The lowest BCUT2D eigenvalue weighted by Crippen LogP contribution is -2.09. The van der Waals surface area contributed by atoms with Crippen molar-refractivity contribution < 1.29 is 14.5 Å². The van der Waals surface area contributed by atoms with Crippen molar-refractivity contribution in [3.63, 3.8) is 0 Å². The molecule has 0 aliphatic heterocycles. The maximum absolute atomic E-state index is 11.8. The van der Waals surface area contributed by atoms with Crippen molar-refractivity contribution in [1.29, 1.82) is 0 Å². The number of nitro groups is 1. The van der Waals surface area contributed by atoms with Gasteiger partial charge in [0.2, 0.25) is 5.13 Å². The second-order valence-electron chi connectivity index (χ2n) is 4.15. The monoisotopic (exact) mass is 320 g/mol. The normalized spacial score (nSPS) is 10.6. The van der Waals surface area contributed by atoms with E-state index in [-0.39, 0.29) is 16.8 Å². The lowest BCUT2D eigenvalue weighted by molar-refractivity contribution is -0.385. The minimum absolute atomic E-state index is 0.143. The third-order valence-electron chi connectivity index (χ3n) is 2.64. The van der Waals surface area contributed by atoms with E-state index in [1.165, 1.54) is 35.8 Å². The Morgan fingerprint density at radius 1 is 1.55 bits per heavy atom. The average molecular weight is 320 g/mol. The molecule has 0 saturated carbocycles. The molecule has 2 aromatic rings. The first-order chi connectivity index (χ1) is 10.5. The highest BCUT2D eigenvalue weighted by atomic mass is 32.1. The molecule has 0 unspecified atom stereocenters. The van der Waals surface area contributed by atoms with Gasteiger partial charge in [-0.05, 0) is 6.92 Å². The summed E-state index contributed by atoms with van der Waals surface area (Å²) < 4.78 is 4.60. The van der Waals surface area contributed by atoms with Crippen molar-refractivity contribution in [1.82, 2.24) is 4.98 Å². The molecular weight excluding hydrogens is 308 g/mol. The number of carbonyl (C=O) groups excluding carboxylic acids is 1. The van der Waals surface area contributed by atoms with E-state index >= 15 is 0 Å². The van der Waals surface area contributed by atoms with Crippen LogP contribution in [0.1, 0.15) is 21.6 Å². The van der Waals surface area contributed by atoms with Crippen LogP contribution in [0.4, 0.5) is 10.8 Å². The van der Waals surface area contributed by atoms with Crippen LogP contribution in [-0.4, -0.2) is 29.2 Å². The number of anilines is 1. The number of nitrogens with one attached hydrogen (secondary N) is 1. The lowest BCUT2D eigenvalue weighted by atomic mass is 10.1. The minimum atomic E-state index is -0.793. The van der Waals surface area contributed by atoms with Gasteiger partial charge in [-0.3, -0.25) is 15.5 Å². The number of aryl methyl sites for hydroxylation is 1. The maximum atomic E-state index is 11.8. The van der Waals surface area contributed by atoms with Gasteiger partial charge in [-0.2, -0.15) is 5.10 Å². The van der Waals surface area contributed by atoms with Crippen molar-refractivity contribution in [3.05, 3.63) is 50.5 Å². The third-order valence-corrected chi connectivity index (χ3v) is 3.51. The summed E-state index contributed by atoms with van der Waals surface area (Å²) in [6.45, 7) is 1.85. The Hall–Kier alpha value is -2.81. The Kier molecular flexibility index (Phi) is 4.79. The molecule has 0 aliphatic carbocycles. The maximum Gasteiger partial charge on any atom is 0.345 e. The second-order valence-corrected chi connectivity index (χ2v) is 5.01. The summed E-state index contributed by atoms with van der Waals surface area (Å²) in [4.78, 5) is 26.3. The third kappa shape index (κ3) is 3.44. The van der Waals surface area contributed by atoms with Crippen LogP contribution in [0.3, 0.4) is 0 Å². The molecule has 114 valence electrons. The zero-order chi connectivity index (χ0) is 16.1. The molecule has 1 N–H and O–H groups in total. The number of rotatable bonds is 5. The molecule has 9 heteroatoms. The Morgan fingerprint density at radius 2 is 2.32 bits per heavy atom. The molecule has 0 atom stereocenters. The van der Waals surface area contributed by atoms with E-state index in [9.17, 15) is 14.9 Å². The van der Waals surface area contributed by atoms with Crippen LogP contribution in [0, 0.1) is 17.0 Å². The van der Waals surface area contributed by atoms with Gasteiger partial charge in [0.25, 0.3) is 5.69 Å². The van der Waals surface area contributed by atoms with Gasteiger partial charge in [-0.1, -0.05) is 12.1 Å². The molecule has 0 bridgehead atoms. The number of thiazole rings is 1. The van der Waals surface area contributed by atoms with E-state index in [1.807, 2.05) is 12.3 Å². The largest absolute Gasteiger partial charge is 0.465 e. The fraction of sp³-hybridized carbons (Fsp3) is 0.154. The van der Waals surface area contributed by atoms with Crippen LogP contribution in [-0.2, 0) is 4.74 Å². The second kappa shape index (κ2) is 6.76. The fourth-order valence-electron chi connectivity index (χ4n) is 1.70. The molecule has 1 heterocycles. The standard InChI is InChI=1S/C13H12N4O4S/c1-8-7-22-13(15-8)16-14-6-9-4-3-5-10(17(19)20)11(9)12(18)21-2/h3-7H,1-2H3,(H,15,16). The first-order valence-corrected chi connectivity index (χ1v) is 6.98. The van der Waals surface area contributed by atoms with Gasteiger partial charge >= 0.3 is 5.97 Å². The summed E-state index contributed by atoms with van der Waals surface area (Å²) in [5.41, 5.74) is 3.36. The van der Waals surface area contributed by atoms with Crippen LogP contribution in [0.2, 0.25) is 0 Å². The van der Waals surface area contributed by atoms with E-state index in [2.05, 4.69) is 20.2 Å². The van der Waals surface area contributed by atoms with Gasteiger partial charge in [-0.15, -0.1) is 11.3 Å². The quantitative estimate of drug-likeness (QED) is 0.393. The smallest absolute Gasteiger partial charge is 0.345 e. The van der Waals surface area contributed by atoms with Crippen molar-refractivity contribution >= 4 is 34.3 Å².